The Labute approximate surface area is 114 Å². The highest BCUT2D eigenvalue weighted by Gasteiger charge is 2.13. The van der Waals surface area contributed by atoms with E-state index in [1.807, 2.05) is 0 Å². The smallest absolute Gasteiger partial charge is 0.108 e. The summed E-state index contributed by atoms with van der Waals surface area (Å²) in [5.41, 5.74) is 12.1. The Hall–Kier alpha value is -1.61. The fourth-order valence-corrected chi connectivity index (χ4v) is 2.94. The molecule has 3 N–H and O–H groups in total. The lowest BCUT2D eigenvalue weighted by Gasteiger charge is -2.16. The highest BCUT2D eigenvalue weighted by molar-refractivity contribution is 5.64. The molecule has 0 saturated heterocycles. The van der Waals surface area contributed by atoms with E-state index < -0.39 is 0 Å². The van der Waals surface area contributed by atoms with Gasteiger partial charge in [0.1, 0.15) is 5.82 Å². The van der Waals surface area contributed by atoms with Crippen LogP contribution < -0.4 is 5.73 Å². The quantitative estimate of drug-likeness (QED) is 0.886. The summed E-state index contributed by atoms with van der Waals surface area (Å²) in [5.74, 6) is 0.993. The molecule has 100 valence electrons. The second-order valence-corrected chi connectivity index (χ2v) is 5.39. The molecule has 0 fully saturated rings. The normalized spacial score (nSPS) is 14.4. The highest BCUT2D eigenvalue weighted by atomic mass is 14.9. The number of rotatable bonds is 3. The number of fused-ring (bicyclic) bond motifs is 1. The molecule has 1 heterocycles. The fraction of sp³-hybridized carbons (Fsp3) is 0.438. The Morgan fingerprint density at radius 2 is 2.00 bits per heavy atom. The Bertz CT molecular complexity index is 584. The number of aromatic nitrogens is 2. The molecular formula is C16H21N3. The number of nitrogens with two attached hydrogens (primary N) is 1. The van der Waals surface area contributed by atoms with Crippen LogP contribution in [-0.4, -0.2) is 16.5 Å². The van der Waals surface area contributed by atoms with E-state index in [-0.39, 0.29) is 0 Å². The number of benzene rings is 1. The van der Waals surface area contributed by atoms with E-state index in [0.717, 1.165) is 23.6 Å². The zero-order valence-corrected chi connectivity index (χ0v) is 11.5. The average Bonchev–Trinajstić information content (AvgIpc) is 2.79. The van der Waals surface area contributed by atoms with Crippen molar-refractivity contribution >= 4 is 0 Å². The van der Waals surface area contributed by atoms with Crippen molar-refractivity contribution in [3.63, 3.8) is 0 Å². The minimum Gasteiger partial charge on any atom is -0.346 e. The summed E-state index contributed by atoms with van der Waals surface area (Å²) in [5, 5.41) is 0. The molecule has 0 aliphatic heterocycles. The van der Waals surface area contributed by atoms with Gasteiger partial charge in [-0.25, -0.2) is 4.98 Å². The predicted octanol–water partition coefficient (Wildman–Crippen LogP) is 2.77. The van der Waals surface area contributed by atoms with Crippen LogP contribution in [0.1, 0.15) is 35.5 Å². The van der Waals surface area contributed by atoms with Crippen molar-refractivity contribution in [1.29, 1.82) is 0 Å². The number of imidazole rings is 1. The van der Waals surface area contributed by atoms with Gasteiger partial charge < -0.3 is 10.7 Å². The summed E-state index contributed by atoms with van der Waals surface area (Å²) in [4.78, 5) is 8.02. The number of nitrogens with one attached hydrogen (secondary N) is 1. The van der Waals surface area contributed by atoms with Gasteiger partial charge in [0.25, 0.3) is 0 Å². The molecule has 3 nitrogen and oxygen atoms in total. The summed E-state index contributed by atoms with van der Waals surface area (Å²) < 4.78 is 0. The standard InChI is InChI=1S/C16H21N3/c1-11-16(19-15(18-11)8-9-17)14-7-6-12-4-2-3-5-13(12)10-14/h6-7,10H,2-5,8-9,17H2,1H3,(H,18,19). The van der Waals surface area contributed by atoms with Gasteiger partial charge in [0, 0.05) is 17.7 Å². The lowest BCUT2D eigenvalue weighted by atomic mass is 9.90. The van der Waals surface area contributed by atoms with E-state index in [4.69, 9.17) is 5.73 Å². The summed E-state index contributed by atoms with van der Waals surface area (Å²) in [6.45, 7) is 2.72. The van der Waals surface area contributed by atoms with Crippen LogP contribution in [0.5, 0.6) is 0 Å². The Kier molecular flexibility index (Phi) is 3.38. The van der Waals surface area contributed by atoms with Gasteiger partial charge in [-0.2, -0.15) is 0 Å². The van der Waals surface area contributed by atoms with Crippen molar-refractivity contribution in [3.05, 3.63) is 40.8 Å². The second-order valence-electron chi connectivity index (χ2n) is 5.39. The molecule has 0 radical (unpaired) electrons. The third-order valence-corrected chi connectivity index (χ3v) is 3.94. The number of aryl methyl sites for hydroxylation is 3. The molecule has 2 aromatic rings. The maximum atomic E-state index is 5.59. The Morgan fingerprint density at radius 1 is 1.21 bits per heavy atom. The van der Waals surface area contributed by atoms with Crippen molar-refractivity contribution in [1.82, 2.24) is 9.97 Å². The van der Waals surface area contributed by atoms with Crippen LogP contribution in [0.15, 0.2) is 18.2 Å². The van der Waals surface area contributed by atoms with E-state index in [2.05, 4.69) is 35.1 Å². The average molecular weight is 255 g/mol. The van der Waals surface area contributed by atoms with E-state index in [9.17, 15) is 0 Å². The predicted molar refractivity (Wildman–Crippen MR) is 78.2 cm³/mol. The van der Waals surface area contributed by atoms with E-state index >= 15 is 0 Å². The first kappa shape index (κ1) is 12.4. The van der Waals surface area contributed by atoms with Crippen molar-refractivity contribution < 1.29 is 0 Å². The van der Waals surface area contributed by atoms with Crippen LogP contribution in [0.4, 0.5) is 0 Å². The number of nitrogens with zero attached hydrogens (tertiary/aromatic N) is 1. The number of aromatic amines is 1. The third-order valence-electron chi connectivity index (χ3n) is 3.94. The van der Waals surface area contributed by atoms with Crippen LogP contribution in [0.3, 0.4) is 0 Å². The van der Waals surface area contributed by atoms with Crippen molar-refractivity contribution in [2.45, 2.75) is 39.0 Å². The lowest BCUT2D eigenvalue weighted by molar-refractivity contribution is 0.686. The van der Waals surface area contributed by atoms with E-state index in [1.165, 1.54) is 42.4 Å². The second kappa shape index (κ2) is 5.17. The summed E-state index contributed by atoms with van der Waals surface area (Å²) in [6.07, 6.45) is 5.89. The molecule has 0 unspecified atom stereocenters. The van der Waals surface area contributed by atoms with Gasteiger partial charge >= 0.3 is 0 Å². The largest absolute Gasteiger partial charge is 0.346 e. The van der Waals surface area contributed by atoms with Gasteiger partial charge in [0.15, 0.2) is 0 Å². The lowest BCUT2D eigenvalue weighted by Crippen LogP contribution is -2.04. The molecule has 1 aromatic carbocycles. The molecular weight excluding hydrogens is 234 g/mol. The van der Waals surface area contributed by atoms with Crippen LogP contribution in [-0.2, 0) is 19.3 Å². The first-order chi connectivity index (χ1) is 9.28. The molecule has 0 amide bonds. The van der Waals surface area contributed by atoms with Gasteiger partial charge in [0.2, 0.25) is 0 Å². The highest BCUT2D eigenvalue weighted by Crippen LogP contribution is 2.28. The van der Waals surface area contributed by atoms with E-state index in [0.29, 0.717) is 6.54 Å². The van der Waals surface area contributed by atoms with E-state index in [1.54, 1.807) is 0 Å². The fourth-order valence-electron chi connectivity index (χ4n) is 2.94. The molecule has 0 saturated carbocycles. The number of hydrogen-bond donors (Lipinski definition) is 2. The third kappa shape index (κ3) is 2.43. The minimum atomic E-state index is 0.635. The topological polar surface area (TPSA) is 54.7 Å². The minimum absolute atomic E-state index is 0.635. The van der Waals surface area contributed by atoms with Gasteiger partial charge in [-0.3, -0.25) is 0 Å². The number of H-pyrrole nitrogens is 1. The molecule has 0 atom stereocenters. The van der Waals surface area contributed by atoms with Crippen molar-refractivity contribution in [3.8, 4) is 11.3 Å². The van der Waals surface area contributed by atoms with Crippen LogP contribution >= 0.6 is 0 Å². The van der Waals surface area contributed by atoms with Gasteiger partial charge in [-0.15, -0.1) is 0 Å². The molecule has 1 aliphatic rings. The molecule has 1 aliphatic carbocycles. The summed E-state index contributed by atoms with van der Waals surface area (Å²) in [6, 6.07) is 6.81. The summed E-state index contributed by atoms with van der Waals surface area (Å²) in [7, 11) is 0. The first-order valence-corrected chi connectivity index (χ1v) is 7.15. The molecule has 0 spiro atoms. The molecule has 19 heavy (non-hydrogen) atoms. The monoisotopic (exact) mass is 255 g/mol. The van der Waals surface area contributed by atoms with Gasteiger partial charge in [-0.05, 0) is 56.3 Å². The SMILES string of the molecule is Cc1[nH]c(CCN)nc1-c1ccc2c(c1)CCCC2. The molecule has 3 rings (SSSR count). The maximum Gasteiger partial charge on any atom is 0.108 e. The van der Waals surface area contributed by atoms with Crippen molar-refractivity contribution in [2.24, 2.45) is 5.73 Å². The van der Waals surface area contributed by atoms with Gasteiger partial charge in [-0.1, -0.05) is 12.1 Å². The van der Waals surface area contributed by atoms with Crippen molar-refractivity contribution in [2.75, 3.05) is 6.54 Å². The summed E-state index contributed by atoms with van der Waals surface area (Å²) >= 11 is 0. The Morgan fingerprint density at radius 3 is 2.79 bits per heavy atom. The maximum absolute atomic E-state index is 5.59. The Balaban J connectivity index is 1.97. The molecule has 1 aromatic heterocycles. The van der Waals surface area contributed by atoms with Crippen LogP contribution in [0.25, 0.3) is 11.3 Å². The molecule has 0 bridgehead atoms. The zero-order valence-electron chi connectivity index (χ0n) is 11.5. The zero-order chi connectivity index (χ0) is 13.2. The van der Waals surface area contributed by atoms with Gasteiger partial charge in [0.05, 0.1) is 5.69 Å². The number of hydrogen-bond acceptors (Lipinski definition) is 2. The van der Waals surface area contributed by atoms with Crippen LogP contribution in [0, 0.1) is 6.92 Å². The first-order valence-electron chi connectivity index (χ1n) is 7.15. The molecule has 3 heteroatoms. The van der Waals surface area contributed by atoms with Crippen LogP contribution in [0.2, 0.25) is 0 Å².